The Bertz CT molecular complexity index is 675. The van der Waals surface area contributed by atoms with Crippen LogP contribution in [0.5, 0.6) is 0 Å². The third kappa shape index (κ3) is 2.48. The predicted molar refractivity (Wildman–Crippen MR) is 86.7 cm³/mol. The largest absolute Gasteiger partial charge is 0.369 e. The Morgan fingerprint density at radius 3 is 2.77 bits per heavy atom. The first-order chi connectivity index (χ1) is 10.6. The normalized spacial score (nSPS) is 19.8. The molecule has 0 N–H and O–H groups in total. The molecule has 0 bridgehead atoms. The fraction of sp³-hybridized carbons (Fsp3) is 0.389. The smallest absolute Gasteiger partial charge is 0.124 e. The van der Waals surface area contributed by atoms with Crippen molar-refractivity contribution in [1.29, 1.82) is 0 Å². The number of rotatable bonds is 3. The maximum Gasteiger partial charge on any atom is 0.124 e. The quantitative estimate of drug-likeness (QED) is 0.837. The van der Waals surface area contributed by atoms with Gasteiger partial charge in [0.1, 0.15) is 5.82 Å². The Labute approximate surface area is 134 Å². The van der Waals surface area contributed by atoms with E-state index < -0.39 is 0 Å². The first-order valence-electron chi connectivity index (χ1n) is 7.72. The van der Waals surface area contributed by atoms with Gasteiger partial charge in [0.25, 0.3) is 0 Å². The van der Waals surface area contributed by atoms with Crippen molar-refractivity contribution in [2.24, 2.45) is 11.3 Å². The summed E-state index contributed by atoms with van der Waals surface area (Å²) in [5, 5.41) is 0.515. The van der Waals surface area contributed by atoms with Gasteiger partial charge >= 0.3 is 0 Å². The topological polar surface area (TPSA) is 16.1 Å². The van der Waals surface area contributed by atoms with Crippen molar-refractivity contribution in [2.45, 2.75) is 19.3 Å². The molecule has 114 valence electrons. The Hall–Kier alpha value is -1.61. The summed E-state index contributed by atoms with van der Waals surface area (Å²) in [5.74, 6) is 0.499. The Balaban J connectivity index is 1.33. The minimum Gasteiger partial charge on any atom is -0.369 e. The number of hydrogen-bond donors (Lipinski definition) is 0. The second-order valence-electron chi connectivity index (χ2n) is 6.79. The minimum absolute atomic E-state index is 0.274. The van der Waals surface area contributed by atoms with Gasteiger partial charge in [-0.05, 0) is 55.0 Å². The fourth-order valence-corrected chi connectivity index (χ4v) is 4.38. The molecule has 1 saturated carbocycles. The molecule has 1 aliphatic carbocycles. The number of aromatic nitrogens is 1. The van der Waals surface area contributed by atoms with Gasteiger partial charge in [-0.25, -0.2) is 4.39 Å². The molecular formula is C18H18ClFN2. The number of hydrogen-bond acceptors (Lipinski definition) is 2. The summed E-state index contributed by atoms with van der Waals surface area (Å²) in [6.07, 6.45) is 7.47. The summed E-state index contributed by atoms with van der Waals surface area (Å²) in [5.41, 5.74) is 2.76. The van der Waals surface area contributed by atoms with Gasteiger partial charge in [-0.3, -0.25) is 4.98 Å². The monoisotopic (exact) mass is 316 g/mol. The van der Waals surface area contributed by atoms with Crippen LogP contribution < -0.4 is 4.90 Å². The molecule has 1 spiro atoms. The van der Waals surface area contributed by atoms with Crippen molar-refractivity contribution >= 4 is 17.3 Å². The third-order valence-corrected chi connectivity index (χ3v) is 5.30. The molecule has 1 aliphatic heterocycles. The number of pyridine rings is 1. The Morgan fingerprint density at radius 1 is 1.27 bits per heavy atom. The molecule has 2 fully saturated rings. The summed E-state index contributed by atoms with van der Waals surface area (Å²) in [4.78, 5) is 6.45. The van der Waals surface area contributed by atoms with E-state index in [1.807, 2.05) is 18.5 Å². The molecule has 2 aliphatic rings. The van der Waals surface area contributed by atoms with E-state index in [1.54, 1.807) is 6.07 Å². The van der Waals surface area contributed by atoms with Crippen LogP contribution in [0.15, 0.2) is 42.7 Å². The van der Waals surface area contributed by atoms with Gasteiger partial charge in [-0.1, -0.05) is 17.7 Å². The van der Waals surface area contributed by atoms with E-state index in [9.17, 15) is 4.39 Å². The lowest BCUT2D eigenvalue weighted by Gasteiger charge is -2.60. The average molecular weight is 317 g/mol. The molecule has 1 aromatic carbocycles. The van der Waals surface area contributed by atoms with Crippen LogP contribution in [-0.2, 0) is 6.42 Å². The summed E-state index contributed by atoms with van der Waals surface area (Å²) in [7, 11) is 0. The summed E-state index contributed by atoms with van der Waals surface area (Å²) < 4.78 is 13.1. The SMILES string of the molecule is Fc1ccc(N2CC3(CC(Cc4cccnc4)C3)C2)c(Cl)c1. The summed E-state index contributed by atoms with van der Waals surface area (Å²) >= 11 is 6.14. The van der Waals surface area contributed by atoms with E-state index >= 15 is 0 Å². The van der Waals surface area contributed by atoms with Crippen molar-refractivity contribution in [3.05, 3.63) is 59.1 Å². The summed E-state index contributed by atoms with van der Waals surface area (Å²) in [6, 6.07) is 8.83. The highest BCUT2D eigenvalue weighted by molar-refractivity contribution is 6.33. The maximum absolute atomic E-state index is 13.1. The molecule has 2 nitrogen and oxygen atoms in total. The fourth-order valence-electron chi connectivity index (χ4n) is 4.09. The van der Waals surface area contributed by atoms with Crippen LogP contribution in [0, 0.1) is 17.2 Å². The van der Waals surface area contributed by atoms with Gasteiger partial charge < -0.3 is 4.90 Å². The van der Waals surface area contributed by atoms with Gasteiger partial charge in [0.05, 0.1) is 10.7 Å². The Kier molecular flexibility index (Phi) is 3.33. The molecular weight excluding hydrogens is 299 g/mol. The van der Waals surface area contributed by atoms with E-state index in [0.717, 1.165) is 31.1 Å². The van der Waals surface area contributed by atoms with Crippen LogP contribution in [0.4, 0.5) is 10.1 Å². The van der Waals surface area contributed by atoms with Crippen LogP contribution in [0.1, 0.15) is 18.4 Å². The number of halogens is 2. The first-order valence-corrected chi connectivity index (χ1v) is 8.10. The second-order valence-corrected chi connectivity index (χ2v) is 7.20. The molecule has 0 amide bonds. The van der Waals surface area contributed by atoms with Crippen molar-refractivity contribution in [1.82, 2.24) is 4.98 Å². The minimum atomic E-state index is -0.274. The van der Waals surface area contributed by atoms with Gasteiger partial charge in [0, 0.05) is 30.9 Å². The van der Waals surface area contributed by atoms with E-state index in [4.69, 9.17) is 11.6 Å². The summed E-state index contributed by atoms with van der Waals surface area (Å²) in [6.45, 7) is 2.09. The lowest BCUT2D eigenvalue weighted by atomic mass is 9.56. The molecule has 4 rings (SSSR count). The number of benzene rings is 1. The molecule has 0 unspecified atom stereocenters. The van der Waals surface area contributed by atoms with Crippen molar-refractivity contribution in [3.8, 4) is 0 Å². The van der Waals surface area contributed by atoms with E-state index in [2.05, 4.69) is 16.0 Å². The zero-order valence-corrected chi connectivity index (χ0v) is 13.1. The van der Waals surface area contributed by atoms with Crippen LogP contribution in [-0.4, -0.2) is 18.1 Å². The standard InChI is InChI=1S/C18H18ClFN2/c19-16-7-15(20)3-4-17(16)22-11-18(12-22)8-14(9-18)6-13-2-1-5-21-10-13/h1-5,7,10,14H,6,8-9,11-12H2. The van der Waals surface area contributed by atoms with Crippen LogP contribution in [0.3, 0.4) is 0 Å². The lowest BCUT2D eigenvalue weighted by Crippen LogP contribution is -2.62. The number of anilines is 1. The van der Waals surface area contributed by atoms with Gasteiger partial charge in [0.2, 0.25) is 0 Å². The highest BCUT2D eigenvalue weighted by Crippen LogP contribution is 2.54. The third-order valence-electron chi connectivity index (χ3n) is 4.99. The van der Waals surface area contributed by atoms with Crippen LogP contribution in [0.25, 0.3) is 0 Å². The average Bonchev–Trinajstić information content (AvgIpc) is 2.42. The second kappa shape index (κ2) is 5.24. The molecule has 22 heavy (non-hydrogen) atoms. The molecule has 0 atom stereocenters. The highest BCUT2D eigenvalue weighted by atomic mass is 35.5. The zero-order chi connectivity index (χ0) is 15.2. The molecule has 4 heteroatoms. The Morgan fingerprint density at radius 2 is 2.09 bits per heavy atom. The molecule has 0 radical (unpaired) electrons. The van der Waals surface area contributed by atoms with E-state index in [-0.39, 0.29) is 5.82 Å². The maximum atomic E-state index is 13.1. The van der Waals surface area contributed by atoms with Gasteiger partial charge in [0.15, 0.2) is 0 Å². The van der Waals surface area contributed by atoms with Gasteiger partial charge in [-0.15, -0.1) is 0 Å². The first kappa shape index (κ1) is 14.0. The molecule has 2 heterocycles. The number of nitrogens with zero attached hydrogens (tertiary/aromatic N) is 2. The molecule has 1 aromatic heterocycles. The van der Waals surface area contributed by atoms with Crippen molar-refractivity contribution in [2.75, 3.05) is 18.0 Å². The lowest BCUT2D eigenvalue weighted by molar-refractivity contribution is 0.0240. The van der Waals surface area contributed by atoms with Gasteiger partial charge in [-0.2, -0.15) is 0 Å². The molecule has 1 saturated heterocycles. The zero-order valence-electron chi connectivity index (χ0n) is 12.3. The van der Waals surface area contributed by atoms with E-state index in [0.29, 0.717) is 10.4 Å². The highest BCUT2D eigenvalue weighted by Gasteiger charge is 2.52. The van der Waals surface area contributed by atoms with E-state index in [1.165, 1.54) is 30.5 Å². The van der Waals surface area contributed by atoms with Crippen molar-refractivity contribution in [3.63, 3.8) is 0 Å². The molecule has 2 aromatic rings. The predicted octanol–water partition coefficient (Wildman–Crippen LogP) is 4.33. The van der Waals surface area contributed by atoms with Crippen molar-refractivity contribution < 1.29 is 4.39 Å². The van der Waals surface area contributed by atoms with Crippen LogP contribution in [0.2, 0.25) is 5.02 Å². The van der Waals surface area contributed by atoms with Crippen LogP contribution >= 0.6 is 11.6 Å².